The average molecular weight is 428 g/mol. The molecule has 0 bridgehead atoms. The lowest BCUT2D eigenvalue weighted by molar-refractivity contribution is 0.0692. The number of hydrogen-bond donors (Lipinski definition) is 2. The van der Waals surface area contributed by atoms with Crippen molar-refractivity contribution < 1.29 is 9.59 Å². The fourth-order valence-corrected chi connectivity index (χ4v) is 3.89. The third-order valence-electron chi connectivity index (χ3n) is 4.41. The Balaban J connectivity index is 0.00000261. The molecular weight excluding hydrogens is 405 g/mol. The Hall–Kier alpha value is -1.60. The normalized spacial score (nSPS) is 15.9. The van der Waals surface area contributed by atoms with Crippen LogP contribution in [0, 0.1) is 0 Å². The molecule has 1 saturated heterocycles. The lowest BCUT2D eigenvalue weighted by atomic mass is 10.1. The van der Waals surface area contributed by atoms with Gasteiger partial charge in [-0.25, -0.2) is 0 Å². The number of hydrogen-bond acceptors (Lipinski definition) is 4. The molecule has 2 aromatic rings. The van der Waals surface area contributed by atoms with E-state index < -0.39 is 0 Å². The molecule has 1 aliphatic rings. The minimum absolute atomic E-state index is 0. The van der Waals surface area contributed by atoms with Gasteiger partial charge in [-0.15, -0.1) is 23.7 Å². The highest BCUT2D eigenvalue weighted by Gasteiger charge is 2.27. The van der Waals surface area contributed by atoms with Crippen LogP contribution in [0.5, 0.6) is 0 Å². The maximum absolute atomic E-state index is 13.0. The molecule has 0 spiro atoms. The number of anilines is 1. The van der Waals surface area contributed by atoms with E-state index in [9.17, 15) is 9.59 Å². The fraction of sp³-hybridized carbons (Fsp3) is 0.368. The second-order valence-corrected chi connectivity index (χ2v) is 7.63. The number of carbonyl (C=O) groups is 2. The van der Waals surface area contributed by atoms with Gasteiger partial charge < -0.3 is 15.5 Å². The van der Waals surface area contributed by atoms with Gasteiger partial charge in [0.1, 0.15) is 0 Å². The van der Waals surface area contributed by atoms with Crippen LogP contribution in [0.3, 0.4) is 0 Å². The van der Waals surface area contributed by atoms with Crippen molar-refractivity contribution in [2.24, 2.45) is 0 Å². The topological polar surface area (TPSA) is 61.4 Å². The first-order valence-corrected chi connectivity index (χ1v) is 10.0. The van der Waals surface area contributed by atoms with Crippen molar-refractivity contribution in [3.63, 3.8) is 0 Å². The highest BCUT2D eigenvalue weighted by atomic mass is 35.5. The Morgan fingerprint density at radius 1 is 1.37 bits per heavy atom. The lowest BCUT2D eigenvalue weighted by Crippen LogP contribution is -2.42. The van der Waals surface area contributed by atoms with Crippen molar-refractivity contribution in [3.05, 3.63) is 51.2 Å². The molecule has 27 heavy (non-hydrogen) atoms. The summed E-state index contributed by atoms with van der Waals surface area (Å²) in [5, 5.41) is 8.37. The summed E-state index contributed by atoms with van der Waals surface area (Å²) in [4.78, 5) is 27.9. The molecule has 3 rings (SSSR count). The standard InChI is InChI=1S/C19H22ClN3O2S.ClH/c1-2-9-23(14-7-8-21-12-14)19(25)13-5-6-15(20)16(11-13)22-18(24)17-4-3-10-26-17;/h3-6,10-11,14,21H,2,7-9,12H2,1H3,(H,22,24);1H. The van der Waals surface area contributed by atoms with Crippen molar-refractivity contribution in [1.82, 2.24) is 10.2 Å². The minimum Gasteiger partial charge on any atom is -0.334 e. The van der Waals surface area contributed by atoms with E-state index in [4.69, 9.17) is 11.6 Å². The molecule has 2 heterocycles. The third-order valence-corrected chi connectivity index (χ3v) is 5.61. The molecule has 1 aromatic carbocycles. The first-order chi connectivity index (χ1) is 12.6. The Labute approximate surface area is 174 Å². The molecule has 0 saturated carbocycles. The molecule has 2 amide bonds. The Morgan fingerprint density at radius 2 is 2.19 bits per heavy atom. The van der Waals surface area contributed by atoms with E-state index in [0.717, 1.165) is 25.9 Å². The van der Waals surface area contributed by atoms with Crippen LogP contribution in [0.2, 0.25) is 5.02 Å². The van der Waals surface area contributed by atoms with Crippen LogP contribution in [-0.4, -0.2) is 42.4 Å². The van der Waals surface area contributed by atoms with Gasteiger partial charge in [-0.1, -0.05) is 24.6 Å². The van der Waals surface area contributed by atoms with Gasteiger partial charge in [0.2, 0.25) is 0 Å². The van der Waals surface area contributed by atoms with Crippen molar-refractivity contribution in [2.75, 3.05) is 25.0 Å². The predicted molar refractivity (Wildman–Crippen MR) is 114 cm³/mol. The first kappa shape index (κ1) is 21.7. The molecule has 146 valence electrons. The predicted octanol–water partition coefficient (Wildman–Crippen LogP) is 4.29. The van der Waals surface area contributed by atoms with Gasteiger partial charge in [-0.3, -0.25) is 9.59 Å². The zero-order valence-corrected chi connectivity index (χ0v) is 17.4. The summed E-state index contributed by atoms with van der Waals surface area (Å²) in [6, 6.07) is 8.83. The van der Waals surface area contributed by atoms with Crippen LogP contribution in [0.15, 0.2) is 35.7 Å². The quantitative estimate of drug-likeness (QED) is 0.722. The molecular formula is C19H23Cl2N3O2S. The molecule has 5 nitrogen and oxygen atoms in total. The number of nitrogens with zero attached hydrogens (tertiary/aromatic N) is 1. The molecule has 1 aromatic heterocycles. The SMILES string of the molecule is CCCN(C(=O)c1ccc(Cl)c(NC(=O)c2cccs2)c1)C1CCNC1.Cl. The molecule has 1 atom stereocenters. The van der Waals surface area contributed by atoms with E-state index in [1.165, 1.54) is 11.3 Å². The van der Waals surface area contributed by atoms with Gasteiger partial charge in [0.25, 0.3) is 11.8 Å². The molecule has 0 radical (unpaired) electrons. The molecule has 1 fully saturated rings. The van der Waals surface area contributed by atoms with E-state index in [1.807, 2.05) is 16.3 Å². The Bertz CT molecular complexity index is 777. The summed E-state index contributed by atoms with van der Waals surface area (Å²) in [6.07, 6.45) is 1.86. The zero-order chi connectivity index (χ0) is 18.5. The summed E-state index contributed by atoms with van der Waals surface area (Å²) in [5.74, 6) is -0.249. The summed E-state index contributed by atoms with van der Waals surface area (Å²) < 4.78 is 0. The molecule has 1 aliphatic heterocycles. The summed E-state index contributed by atoms with van der Waals surface area (Å²) in [6.45, 7) is 4.53. The summed E-state index contributed by atoms with van der Waals surface area (Å²) in [7, 11) is 0. The van der Waals surface area contributed by atoms with Gasteiger partial charge in [-0.05, 0) is 49.0 Å². The van der Waals surface area contributed by atoms with Crippen molar-refractivity contribution in [1.29, 1.82) is 0 Å². The summed E-state index contributed by atoms with van der Waals surface area (Å²) in [5.41, 5.74) is 0.994. The largest absolute Gasteiger partial charge is 0.334 e. The average Bonchev–Trinajstić information content (AvgIpc) is 3.34. The van der Waals surface area contributed by atoms with Crippen LogP contribution in [0.4, 0.5) is 5.69 Å². The van der Waals surface area contributed by atoms with Crippen molar-refractivity contribution in [3.8, 4) is 0 Å². The van der Waals surface area contributed by atoms with Gasteiger partial charge >= 0.3 is 0 Å². The monoisotopic (exact) mass is 427 g/mol. The number of nitrogens with one attached hydrogen (secondary N) is 2. The first-order valence-electron chi connectivity index (χ1n) is 8.76. The number of halogens is 2. The van der Waals surface area contributed by atoms with Crippen molar-refractivity contribution >= 4 is 52.8 Å². The number of carbonyl (C=O) groups excluding carboxylic acids is 2. The van der Waals surface area contributed by atoms with Crippen molar-refractivity contribution in [2.45, 2.75) is 25.8 Å². The molecule has 2 N–H and O–H groups in total. The van der Waals surface area contributed by atoms with E-state index in [-0.39, 0.29) is 30.3 Å². The molecule has 0 aliphatic carbocycles. The smallest absolute Gasteiger partial charge is 0.265 e. The van der Waals surface area contributed by atoms with Crippen LogP contribution >= 0.6 is 35.3 Å². The van der Waals surface area contributed by atoms with Gasteiger partial charge in [0.05, 0.1) is 15.6 Å². The molecule has 1 unspecified atom stereocenters. The van der Waals surface area contributed by atoms with Crippen LogP contribution in [-0.2, 0) is 0 Å². The van der Waals surface area contributed by atoms with Gasteiger partial charge in [0.15, 0.2) is 0 Å². The number of rotatable bonds is 6. The van der Waals surface area contributed by atoms with Gasteiger partial charge in [-0.2, -0.15) is 0 Å². The van der Waals surface area contributed by atoms with Gasteiger partial charge in [0, 0.05) is 24.7 Å². The van der Waals surface area contributed by atoms with E-state index in [1.54, 1.807) is 24.3 Å². The molecule has 8 heteroatoms. The van der Waals surface area contributed by atoms with Crippen LogP contribution in [0.1, 0.15) is 39.8 Å². The van der Waals surface area contributed by atoms with Crippen LogP contribution < -0.4 is 10.6 Å². The van der Waals surface area contributed by atoms with E-state index in [2.05, 4.69) is 17.6 Å². The second kappa shape index (κ2) is 10.1. The maximum atomic E-state index is 13.0. The number of amides is 2. The van der Waals surface area contributed by atoms with E-state index >= 15 is 0 Å². The lowest BCUT2D eigenvalue weighted by Gasteiger charge is -2.28. The highest BCUT2D eigenvalue weighted by molar-refractivity contribution is 7.12. The number of benzene rings is 1. The van der Waals surface area contributed by atoms with E-state index in [0.29, 0.717) is 27.7 Å². The second-order valence-electron chi connectivity index (χ2n) is 6.27. The fourth-order valence-electron chi connectivity index (χ4n) is 3.11. The zero-order valence-electron chi connectivity index (χ0n) is 15.0. The Morgan fingerprint density at radius 3 is 2.81 bits per heavy atom. The van der Waals surface area contributed by atoms with Crippen LogP contribution in [0.25, 0.3) is 0 Å². The maximum Gasteiger partial charge on any atom is 0.265 e. The number of thiophene rings is 1. The Kier molecular flexibility index (Phi) is 8.10. The third kappa shape index (κ3) is 5.23. The minimum atomic E-state index is -0.225. The highest BCUT2D eigenvalue weighted by Crippen LogP contribution is 2.26. The summed E-state index contributed by atoms with van der Waals surface area (Å²) >= 11 is 7.59.